The molecular formula is C21H19N3OS. The van der Waals surface area contributed by atoms with E-state index in [0.29, 0.717) is 6.42 Å². The summed E-state index contributed by atoms with van der Waals surface area (Å²) in [7, 11) is 3.54. The second-order valence-corrected chi connectivity index (χ2v) is 7.32. The Balaban J connectivity index is 1.83. The van der Waals surface area contributed by atoms with Crippen molar-refractivity contribution < 1.29 is 4.79 Å². The van der Waals surface area contributed by atoms with Gasteiger partial charge in [-0.1, -0.05) is 48.5 Å². The number of amides is 1. The van der Waals surface area contributed by atoms with Gasteiger partial charge in [-0.2, -0.15) is 0 Å². The van der Waals surface area contributed by atoms with E-state index in [9.17, 15) is 4.79 Å². The quantitative estimate of drug-likeness (QED) is 0.578. The molecule has 2 aromatic carbocycles. The number of hydrogen-bond acceptors (Lipinski definition) is 3. The van der Waals surface area contributed by atoms with Gasteiger partial charge >= 0.3 is 0 Å². The number of nitrogens with zero attached hydrogens (tertiary/aromatic N) is 2. The molecule has 4 nitrogen and oxygen atoms in total. The summed E-state index contributed by atoms with van der Waals surface area (Å²) < 4.78 is 0. The highest BCUT2D eigenvalue weighted by atomic mass is 32.1. The zero-order chi connectivity index (χ0) is 18.1. The van der Waals surface area contributed by atoms with Gasteiger partial charge in [-0.3, -0.25) is 4.79 Å². The van der Waals surface area contributed by atoms with Crippen LogP contribution in [0.25, 0.3) is 33.4 Å². The molecule has 0 atom stereocenters. The number of likely N-dealkylation sites (N-methyl/N-ethyl adjacent to an activating group) is 1. The van der Waals surface area contributed by atoms with Gasteiger partial charge < -0.3 is 9.88 Å². The molecule has 1 amide bonds. The summed E-state index contributed by atoms with van der Waals surface area (Å²) in [4.78, 5) is 21.9. The lowest BCUT2D eigenvalue weighted by molar-refractivity contribution is -0.127. The number of carbonyl (C=O) groups excluding carboxylic acids is 1. The third-order valence-corrected chi connectivity index (χ3v) is 5.23. The van der Waals surface area contributed by atoms with Crippen molar-refractivity contribution in [1.82, 2.24) is 14.9 Å². The molecule has 130 valence electrons. The van der Waals surface area contributed by atoms with Crippen LogP contribution in [0.5, 0.6) is 0 Å². The molecule has 2 aromatic heterocycles. The van der Waals surface area contributed by atoms with Crippen LogP contribution >= 0.6 is 11.3 Å². The van der Waals surface area contributed by atoms with E-state index >= 15 is 0 Å². The molecule has 0 unspecified atom stereocenters. The number of rotatable bonds is 4. The molecule has 2 heterocycles. The molecule has 0 bridgehead atoms. The summed E-state index contributed by atoms with van der Waals surface area (Å²) in [6.07, 6.45) is 0.334. The Kier molecular flexibility index (Phi) is 4.31. The largest absolute Gasteiger partial charge is 0.354 e. The van der Waals surface area contributed by atoms with Crippen molar-refractivity contribution in [3.8, 4) is 22.5 Å². The first-order valence-corrected chi connectivity index (χ1v) is 9.32. The molecule has 1 N–H and O–H groups in total. The second kappa shape index (κ2) is 6.77. The Labute approximate surface area is 156 Å². The number of nitrogens with one attached hydrogen (secondary N) is 1. The molecule has 0 saturated carbocycles. The molecule has 5 heteroatoms. The zero-order valence-corrected chi connectivity index (χ0v) is 15.5. The minimum Gasteiger partial charge on any atom is -0.354 e. The Hall–Kier alpha value is -2.92. The molecule has 0 aliphatic carbocycles. The van der Waals surface area contributed by atoms with E-state index < -0.39 is 0 Å². The predicted octanol–water partition coefficient (Wildman–Crippen LogP) is 4.59. The van der Waals surface area contributed by atoms with E-state index in [0.717, 1.165) is 38.4 Å². The highest BCUT2D eigenvalue weighted by Crippen LogP contribution is 2.38. The van der Waals surface area contributed by atoms with E-state index in [2.05, 4.69) is 29.2 Å². The van der Waals surface area contributed by atoms with Gasteiger partial charge in [-0.05, 0) is 11.6 Å². The smallest absolute Gasteiger partial charge is 0.228 e. The van der Waals surface area contributed by atoms with Crippen molar-refractivity contribution in [2.45, 2.75) is 6.42 Å². The number of hydrogen-bond donors (Lipinski definition) is 1. The maximum absolute atomic E-state index is 12.0. The van der Waals surface area contributed by atoms with Gasteiger partial charge in [0, 0.05) is 35.9 Å². The lowest BCUT2D eigenvalue weighted by atomic mass is 10.0. The fourth-order valence-electron chi connectivity index (χ4n) is 3.02. The van der Waals surface area contributed by atoms with Crippen LogP contribution in [0.3, 0.4) is 0 Å². The molecule has 0 radical (unpaired) electrons. The van der Waals surface area contributed by atoms with Crippen LogP contribution in [0.4, 0.5) is 0 Å². The zero-order valence-electron chi connectivity index (χ0n) is 14.7. The van der Waals surface area contributed by atoms with E-state index in [-0.39, 0.29) is 5.91 Å². The first-order chi connectivity index (χ1) is 12.6. The van der Waals surface area contributed by atoms with Crippen molar-refractivity contribution in [3.63, 3.8) is 0 Å². The van der Waals surface area contributed by atoms with E-state index in [1.54, 1.807) is 19.0 Å². The summed E-state index contributed by atoms with van der Waals surface area (Å²) in [5.41, 5.74) is 5.26. The number of fused-ring (bicyclic) bond motifs is 1. The lowest BCUT2D eigenvalue weighted by Gasteiger charge is -2.07. The normalized spacial score (nSPS) is 11.0. The molecular weight excluding hydrogens is 342 g/mol. The average molecular weight is 361 g/mol. The van der Waals surface area contributed by atoms with Crippen LogP contribution in [0, 0.1) is 0 Å². The van der Waals surface area contributed by atoms with Crippen LogP contribution in [0.15, 0.2) is 60.0 Å². The summed E-state index contributed by atoms with van der Waals surface area (Å²) in [6, 6.07) is 18.5. The van der Waals surface area contributed by atoms with Crippen molar-refractivity contribution in [1.29, 1.82) is 0 Å². The first-order valence-electron chi connectivity index (χ1n) is 8.44. The molecule has 0 saturated heterocycles. The number of thiazole rings is 1. The Bertz CT molecular complexity index is 1060. The monoisotopic (exact) mass is 361 g/mol. The van der Waals surface area contributed by atoms with Gasteiger partial charge in [0.25, 0.3) is 0 Å². The van der Waals surface area contributed by atoms with Crippen LogP contribution in [0.2, 0.25) is 0 Å². The molecule has 0 fully saturated rings. The predicted molar refractivity (Wildman–Crippen MR) is 107 cm³/mol. The number of H-pyrrole nitrogens is 1. The summed E-state index contributed by atoms with van der Waals surface area (Å²) >= 11 is 1.53. The van der Waals surface area contributed by atoms with Gasteiger partial charge in [0.1, 0.15) is 5.01 Å². The van der Waals surface area contributed by atoms with E-state index in [1.165, 1.54) is 11.3 Å². The number of para-hydroxylation sites is 1. The van der Waals surface area contributed by atoms with Crippen LogP contribution in [-0.4, -0.2) is 34.9 Å². The van der Waals surface area contributed by atoms with E-state index in [4.69, 9.17) is 4.98 Å². The fourth-order valence-corrected chi connectivity index (χ4v) is 3.80. The minimum absolute atomic E-state index is 0.0631. The third kappa shape index (κ3) is 3.02. The maximum Gasteiger partial charge on any atom is 0.228 e. The SMILES string of the molecule is CN(C)C(=O)Cc1nc(-c2c(-c3ccccc3)[nH]c3ccccc23)cs1. The third-order valence-electron chi connectivity index (χ3n) is 4.38. The lowest BCUT2D eigenvalue weighted by Crippen LogP contribution is -2.23. The van der Waals surface area contributed by atoms with Gasteiger partial charge in [0.05, 0.1) is 17.8 Å². The fraction of sp³-hybridized carbons (Fsp3) is 0.143. The van der Waals surface area contributed by atoms with Crippen molar-refractivity contribution >= 4 is 28.1 Å². The molecule has 0 spiro atoms. The molecule has 26 heavy (non-hydrogen) atoms. The average Bonchev–Trinajstić information content (AvgIpc) is 3.26. The van der Waals surface area contributed by atoms with Crippen LogP contribution in [-0.2, 0) is 11.2 Å². The molecule has 4 aromatic rings. The standard InChI is InChI=1S/C21H19N3OS/c1-24(2)19(25)12-18-22-17(13-26-18)20-15-10-6-7-11-16(15)23-21(20)14-8-4-3-5-9-14/h3-11,13,23H,12H2,1-2H3. The number of aromatic nitrogens is 2. The molecule has 0 aliphatic rings. The van der Waals surface area contributed by atoms with Gasteiger partial charge in [-0.15, -0.1) is 11.3 Å². The summed E-state index contributed by atoms with van der Waals surface area (Å²) in [5, 5.41) is 4.02. The highest BCUT2D eigenvalue weighted by Gasteiger charge is 2.18. The topological polar surface area (TPSA) is 49.0 Å². The van der Waals surface area contributed by atoms with Gasteiger partial charge in [-0.25, -0.2) is 4.98 Å². The van der Waals surface area contributed by atoms with Gasteiger partial charge in [0.15, 0.2) is 0 Å². The maximum atomic E-state index is 12.0. The highest BCUT2D eigenvalue weighted by molar-refractivity contribution is 7.10. The van der Waals surface area contributed by atoms with E-state index in [1.807, 2.05) is 35.7 Å². The van der Waals surface area contributed by atoms with Crippen molar-refractivity contribution in [2.24, 2.45) is 0 Å². The van der Waals surface area contributed by atoms with Gasteiger partial charge in [0.2, 0.25) is 5.91 Å². The molecule has 4 rings (SSSR count). The summed E-state index contributed by atoms with van der Waals surface area (Å²) in [5.74, 6) is 0.0631. The Morgan fingerprint density at radius 3 is 2.58 bits per heavy atom. The Morgan fingerprint density at radius 2 is 1.81 bits per heavy atom. The molecule has 0 aliphatic heterocycles. The number of benzene rings is 2. The van der Waals surface area contributed by atoms with Crippen LogP contribution < -0.4 is 0 Å². The van der Waals surface area contributed by atoms with Crippen molar-refractivity contribution in [3.05, 3.63) is 65.0 Å². The Morgan fingerprint density at radius 1 is 1.08 bits per heavy atom. The van der Waals surface area contributed by atoms with Crippen LogP contribution in [0.1, 0.15) is 5.01 Å². The first kappa shape index (κ1) is 16.5. The second-order valence-electron chi connectivity index (χ2n) is 6.38. The van der Waals surface area contributed by atoms with Crippen molar-refractivity contribution in [2.75, 3.05) is 14.1 Å². The number of carbonyl (C=O) groups is 1. The summed E-state index contributed by atoms with van der Waals surface area (Å²) in [6.45, 7) is 0. The minimum atomic E-state index is 0.0631. The number of aromatic amines is 1.